The molecule has 1 heterocycles. The normalized spacial score (nSPS) is 14.0. The van der Waals surface area contributed by atoms with Crippen molar-refractivity contribution in [3.63, 3.8) is 0 Å². The van der Waals surface area contributed by atoms with Gasteiger partial charge in [-0.2, -0.15) is 0 Å². The molecule has 0 aliphatic carbocycles. The van der Waals surface area contributed by atoms with Crippen LogP contribution in [0, 0.1) is 9.49 Å². The van der Waals surface area contributed by atoms with Crippen LogP contribution in [-0.4, -0.2) is 23.0 Å². The molecule has 17 heavy (non-hydrogen) atoms. The number of halogens is 2. The van der Waals surface area contributed by atoms with Gasteiger partial charge in [0.25, 0.3) is 5.91 Å². The molecule has 0 bridgehead atoms. The Bertz CT molecular complexity index is 381. The average Bonchev–Trinajstić information content (AvgIpc) is 2.64. The Hall–Kier alpha value is -0.270. The number of hydrogen-bond donors (Lipinski definition) is 3. The van der Waals surface area contributed by atoms with E-state index in [1.807, 2.05) is 26.8 Å². The highest BCUT2D eigenvalue weighted by atomic mass is 127. The van der Waals surface area contributed by atoms with Crippen LogP contribution in [0.25, 0.3) is 0 Å². The summed E-state index contributed by atoms with van der Waals surface area (Å²) in [6, 6.07) is 1.81. The van der Waals surface area contributed by atoms with Gasteiger partial charge in [-0.15, -0.1) is 12.4 Å². The lowest BCUT2D eigenvalue weighted by Gasteiger charge is -2.33. The number of hydrogen-bond acceptors (Lipinski definition) is 2. The lowest BCUT2D eigenvalue weighted by Crippen LogP contribution is -2.55. The van der Waals surface area contributed by atoms with E-state index in [-0.39, 0.29) is 29.8 Å². The molecule has 0 fully saturated rings. The van der Waals surface area contributed by atoms with Crippen LogP contribution in [0.4, 0.5) is 0 Å². The maximum Gasteiger partial charge on any atom is 0.268 e. The van der Waals surface area contributed by atoms with E-state index in [0.717, 1.165) is 3.57 Å². The van der Waals surface area contributed by atoms with Crippen LogP contribution in [-0.2, 0) is 0 Å². The summed E-state index contributed by atoms with van der Waals surface area (Å²) in [6.45, 7) is 6.48. The number of carbonyl (C=O) groups excluding carboxylic acids is 1. The van der Waals surface area contributed by atoms with Gasteiger partial charge in [-0.25, -0.2) is 0 Å². The Morgan fingerprint density at radius 3 is 2.59 bits per heavy atom. The quantitative estimate of drug-likeness (QED) is 0.710. The summed E-state index contributed by atoms with van der Waals surface area (Å²) in [5.41, 5.74) is 5.92. The molecule has 98 valence electrons. The molecule has 4 nitrogen and oxygen atoms in total. The standard InChI is InChI=1S/C11H18IN3O.ClH/c1-7(2)11(3,6-13)15-10(16)9-4-8(12)5-14-9;/h4-5,7,14H,6,13H2,1-3H3,(H,15,16);1H. The summed E-state index contributed by atoms with van der Waals surface area (Å²) in [6.07, 6.45) is 1.80. The predicted octanol–water partition coefficient (Wildman–Crippen LogP) is 2.14. The largest absolute Gasteiger partial charge is 0.356 e. The van der Waals surface area contributed by atoms with E-state index in [2.05, 4.69) is 32.9 Å². The van der Waals surface area contributed by atoms with E-state index >= 15 is 0 Å². The summed E-state index contributed by atoms with van der Waals surface area (Å²) in [5.74, 6) is 0.181. The van der Waals surface area contributed by atoms with Gasteiger partial charge in [0.15, 0.2) is 0 Å². The van der Waals surface area contributed by atoms with Gasteiger partial charge in [-0.05, 0) is 41.5 Å². The minimum atomic E-state index is -0.367. The van der Waals surface area contributed by atoms with Crippen molar-refractivity contribution in [1.82, 2.24) is 10.3 Å². The molecular weight excluding hydrogens is 352 g/mol. The zero-order chi connectivity index (χ0) is 12.3. The van der Waals surface area contributed by atoms with Crippen molar-refractivity contribution in [2.75, 3.05) is 6.54 Å². The minimum absolute atomic E-state index is 0. The zero-order valence-electron chi connectivity index (χ0n) is 10.2. The molecule has 0 saturated heterocycles. The second-order valence-corrected chi connectivity index (χ2v) is 5.71. The number of rotatable bonds is 4. The monoisotopic (exact) mass is 371 g/mol. The van der Waals surface area contributed by atoms with Crippen LogP contribution in [0.5, 0.6) is 0 Å². The second kappa shape index (κ2) is 6.61. The number of nitrogens with one attached hydrogen (secondary N) is 2. The van der Waals surface area contributed by atoms with Crippen LogP contribution in [0.1, 0.15) is 31.3 Å². The Kier molecular flexibility index (Phi) is 6.50. The molecule has 1 aromatic rings. The van der Waals surface area contributed by atoms with Crippen LogP contribution in [0.15, 0.2) is 12.3 Å². The van der Waals surface area contributed by atoms with Gasteiger partial charge >= 0.3 is 0 Å². The van der Waals surface area contributed by atoms with Gasteiger partial charge in [0.05, 0.1) is 5.54 Å². The van der Waals surface area contributed by atoms with Crippen molar-refractivity contribution >= 4 is 40.9 Å². The fourth-order valence-corrected chi connectivity index (χ4v) is 1.72. The molecule has 1 amide bonds. The molecule has 0 aliphatic heterocycles. The first-order valence-corrected chi connectivity index (χ1v) is 6.33. The molecule has 0 spiro atoms. The molecule has 4 N–H and O–H groups in total. The maximum absolute atomic E-state index is 11.9. The zero-order valence-corrected chi connectivity index (χ0v) is 13.2. The summed E-state index contributed by atoms with van der Waals surface area (Å²) in [7, 11) is 0. The van der Waals surface area contributed by atoms with E-state index < -0.39 is 0 Å². The number of carbonyl (C=O) groups is 1. The van der Waals surface area contributed by atoms with Crippen LogP contribution in [0.3, 0.4) is 0 Å². The number of H-pyrrole nitrogens is 1. The van der Waals surface area contributed by atoms with Gasteiger partial charge in [0, 0.05) is 16.3 Å². The Labute approximate surface area is 122 Å². The van der Waals surface area contributed by atoms with Crippen molar-refractivity contribution in [2.45, 2.75) is 26.3 Å². The van der Waals surface area contributed by atoms with Crippen LogP contribution < -0.4 is 11.1 Å². The lowest BCUT2D eigenvalue weighted by atomic mass is 9.88. The number of aromatic amines is 1. The first-order valence-electron chi connectivity index (χ1n) is 5.25. The van der Waals surface area contributed by atoms with Gasteiger partial charge in [-0.3, -0.25) is 4.79 Å². The highest BCUT2D eigenvalue weighted by Gasteiger charge is 2.29. The molecule has 0 radical (unpaired) electrons. The van der Waals surface area contributed by atoms with Crippen molar-refractivity contribution in [2.24, 2.45) is 11.7 Å². The third-order valence-corrected chi connectivity index (χ3v) is 3.61. The summed E-state index contributed by atoms with van der Waals surface area (Å²) in [4.78, 5) is 14.9. The SMILES string of the molecule is CC(C)C(C)(CN)NC(=O)c1cc(I)c[nH]1.Cl. The smallest absolute Gasteiger partial charge is 0.268 e. The van der Waals surface area contributed by atoms with Gasteiger partial charge in [0.2, 0.25) is 0 Å². The van der Waals surface area contributed by atoms with Gasteiger partial charge in [-0.1, -0.05) is 13.8 Å². The van der Waals surface area contributed by atoms with E-state index in [1.54, 1.807) is 6.20 Å². The molecule has 0 saturated carbocycles. The van der Waals surface area contributed by atoms with Crippen molar-refractivity contribution in [1.29, 1.82) is 0 Å². The Morgan fingerprint density at radius 1 is 1.65 bits per heavy atom. The molecule has 0 aromatic carbocycles. The predicted molar refractivity (Wildman–Crippen MR) is 80.5 cm³/mol. The molecule has 1 unspecified atom stereocenters. The fraction of sp³-hybridized carbons (Fsp3) is 0.545. The topological polar surface area (TPSA) is 70.9 Å². The van der Waals surface area contributed by atoms with Gasteiger partial charge < -0.3 is 16.0 Å². The fourth-order valence-electron chi connectivity index (χ4n) is 1.26. The van der Waals surface area contributed by atoms with E-state index in [1.165, 1.54) is 0 Å². The third-order valence-electron chi connectivity index (χ3n) is 2.99. The molecule has 1 rings (SSSR count). The van der Waals surface area contributed by atoms with E-state index in [4.69, 9.17) is 5.73 Å². The minimum Gasteiger partial charge on any atom is -0.356 e. The van der Waals surface area contributed by atoms with Crippen molar-refractivity contribution in [3.05, 3.63) is 21.5 Å². The maximum atomic E-state index is 11.9. The van der Waals surface area contributed by atoms with E-state index in [9.17, 15) is 4.79 Å². The summed E-state index contributed by atoms with van der Waals surface area (Å²) >= 11 is 2.16. The third kappa shape index (κ3) is 4.15. The molecular formula is C11H19ClIN3O. The number of nitrogens with two attached hydrogens (primary N) is 1. The highest BCUT2D eigenvalue weighted by molar-refractivity contribution is 14.1. The molecule has 1 aromatic heterocycles. The van der Waals surface area contributed by atoms with Crippen LogP contribution >= 0.6 is 35.0 Å². The van der Waals surface area contributed by atoms with E-state index in [0.29, 0.717) is 12.2 Å². The number of amides is 1. The summed E-state index contributed by atoms with van der Waals surface area (Å²) in [5, 5.41) is 2.97. The van der Waals surface area contributed by atoms with Crippen molar-refractivity contribution in [3.8, 4) is 0 Å². The molecule has 1 atom stereocenters. The number of aromatic nitrogens is 1. The van der Waals surface area contributed by atoms with Crippen molar-refractivity contribution < 1.29 is 4.79 Å². The first-order chi connectivity index (χ1) is 7.39. The Balaban J connectivity index is 0.00000256. The summed E-state index contributed by atoms with van der Waals surface area (Å²) < 4.78 is 1.02. The highest BCUT2D eigenvalue weighted by Crippen LogP contribution is 2.16. The first kappa shape index (κ1) is 16.7. The lowest BCUT2D eigenvalue weighted by molar-refractivity contribution is 0.0878. The Morgan fingerprint density at radius 2 is 2.24 bits per heavy atom. The van der Waals surface area contributed by atoms with Gasteiger partial charge in [0.1, 0.15) is 5.69 Å². The van der Waals surface area contributed by atoms with Crippen LogP contribution in [0.2, 0.25) is 0 Å². The average molecular weight is 372 g/mol. The second-order valence-electron chi connectivity index (χ2n) is 4.46. The molecule has 6 heteroatoms. The molecule has 0 aliphatic rings.